The molecule has 2 amide bonds. The van der Waals surface area contributed by atoms with Crippen LogP contribution in [0.25, 0.3) is 10.4 Å². The lowest BCUT2D eigenvalue weighted by Gasteiger charge is -2.35. The number of nitrogens with two attached hydrogens (primary N) is 1. The summed E-state index contributed by atoms with van der Waals surface area (Å²) in [5, 5.41) is 16.7. The van der Waals surface area contributed by atoms with Crippen molar-refractivity contribution in [3.05, 3.63) is 41.0 Å². The third-order valence-electron chi connectivity index (χ3n) is 7.01. The number of hydrogen-bond acceptors (Lipinski definition) is 10. The molecular weight excluding hydrogens is 558 g/mol. The summed E-state index contributed by atoms with van der Waals surface area (Å²) in [6.45, 7) is 12.1. The number of aryl methyl sites for hydroxylation is 1. The highest BCUT2D eigenvalue weighted by Gasteiger charge is 2.43. The van der Waals surface area contributed by atoms with Crippen molar-refractivity contribution in [3.63, 3.8) is 0 Å². The van der Waals surface area contributed by atoms with Gasteiger partial charge in [0, 0.05) is 32.6 Å². The Hall–Kier alpha value is -2.45. The second-order valence-corrected chi connectivity index (χ2v) is 12.3. The quantitative estimate of drug-likeness (QED) is 0.198. The molecule has 2 aromatic rings. The molecule has 234 valence electrons. The maximum absolute atomic E-state index is 13.7. The largest absolute Gasteiger partial charge is 0.391 e. The van der Waals surface area contributed by atoms with E-state index < -0.39 is 23.6 Å². The Balaban J connectivity index is 1.48. The molecule has 2 heterocycles. The maximum Gasteiger partial charge on any atom is 0.243 e. The van der Waals surface area contributed by atoms with E-state index in [0.717, 1.165) is 21.7 Å². The molecule has 1 unspecified atom stereocenters. The fourth-order valence-electron chi connectivity index (χ4n) is 4.80. The van der Waals surface area contributed by atoms with E-state index in [-0.39, 0.29) is 24.8 Å². The molecule has 0 radical (unpaired) electrons. The zero-order valence-electron chi connectivity index (χ0n) is 25.3. The number of amides is 2. The maximum atomic E-state index is 13.7. The third-order valence-corrected chi connectivity index (χ3v) is 7.98. The number of carbonyl (C=O) groups excluding carboxylic acids is 2. The highest BCUT2D eigenvalue weighted by atomic mass is 32.1. The molecule has 1 aliphatic rings. The lowest BCUT2D eigenvalue weighted by atomic mass is 9.85. The molecule has 11 nitrogen and oxygen atoms in total. The molecule has 12 heteroatoms. The summed E-state index contributed by atoms with van der Waals surface area (Å²) in [5.41, 5.74) is 9.81. The normalized spacial score (nSPS) is 17.9. The number of benzene rings is 1. The summed E-state index contributed by atoms with van der Waals surface area (Å²) in [4.78, 5) is 33.9. The van der Waals surface area contributed by atoms with Crippen LogP contribution in [0.2, 0.25) is 0 Å². The fraction of sp³-hybridized carbons (Fsp3) is 0.633. The zero-order chi connectivity index (χ0) is 30.5. The smallest absolute Gasteiger partial charge is 0.243 e. The van der Waals surface area contributed by atoms with Gasteiger partial charge in [0.25, 0.3) is 0 Å². The van der Waals surface area contributed by atoms with Gasteiger partial charge in [-0.05, 0) is 23.5 Å². The molecule has 1 saturated heterocycles. The van der Waals surface area contributed by atoms with Crippen molar-refractivity contribution in [1.82, 2.24) is 20.5 Å². The molecular formula is C30H47N5O6S. The average molecular weight is 606 g/mol. The van der Waals surface area contributed by atoms with Crippen LogP contribution in [0.5, 0.6) is 0 Å². The number of likely N-dealkylation sites (tertiary alicyclic amines) is 1. The van der Waals surface area contributed by atoms with Gasteiger partial charge in [-0.25, -0.2) is 4.98 Å². The summed E-state index contributed by atoms with van der Waals surface area (Å²) in [5.74, 6) is -0.476. The number of β-amino-alcohol motifs (C(OH)–C–C–N with tert-alkyl or cyclic N) is 1. The van der Waals surface area contributed by atoms with Crippen LogP contribution in [0.15, 0.2) is 29.8 Å². The predicted octanol–water partition coefficient (Wildman–Crippen LogP) is 1.71. The van der Waals surface area contributed by atoms with Crippen molar-refractivity contribution in [3.8, 4) is 10.4 Å². The third kappa shape index (κ3) is 10.4. The molecule has 1 fully saturated rings. The van der Waals surface area contributed by atoms with Gasteiger partial charge in [-0.2, -0.15) is 0 Å². The van der Waals surface area contributed by atoms with Crippen molar-refractivity contribution in [2.45, 2.75) is 58.8 Å². The number of ether oxygens (including phenoxy) is 3. The van der Waals surface area contributed by atoms with E-state index in [2.05, 4.69) is 15.6 Å². The number of aromatic nitrogens is 1. The van der Waals surface area contributed by atoms with Crippen LogP contribution in [0.1, 0.15) is 38.4 Å². The van der Waals surface area contributed by atoms with Crippen molar-refractivity contribution in [2.24, 2.45) is 11.1 Å². The van der Waals surface area contributed by atoms with Crippen LogP contribution in [0.4, 0.5) is 0 Å². The Kier molecular flexibility index (Phi) is 13.8. The Labute approximate surface area is 253 Å². The Morgan fingerprint density at radius 2 is 1.74 bits per heavy atom. The molecule has 0 bridgehead atoms. The van der Waals surface area contributed by atoms with Crippen molar-refractivity contribution < 1.29 is 28.9 Å². The van der Waals surface area contributed by atoms with Crippen LogP contribution in [-0.4, -0.2) is 104 Å². The Morgan fingerprint density at radius 1 is 1.10 bits per heavy atom. The van der Waals surface area contributed by atoms with E-state index in [1.165, 1.54) is 4.90 Å². The first-order valence-electron chi connectivity index (χ1n) is 14.5. The van der Waals surface area contributed by atoms with Gasteiger partial charge in [-0.1, -0.05) is 45.0 Å². The van der Waals surface area contributed by atoms with Gasteiger partial charge in [-0.3, -0.25) is 9.59 Å². The number of aliphatic hydroxyl groups is 1. The van der Waals surface area contributed by atoms with Gasteiger partial charge < -0.3 is 40.6 Å². The standard InChI is InChI=1S/C30H47N5O6S/c1-21-26(42-20-34-21)23-7-5-22(6-8-23)18-33-28(37)25-17-24(36)19-35(25)29(38)27(30(2,3)4)32-10-12-40-14-16-41-15-13-39-11-9-31/h5-8,20,24-25,27,32,36H,9-19,31H2,1-4H3,(H,33,37)/t24-,25+,27?/m1/s1. The molecule has 5 N–H and O–H groups in total. The van der Waals surface area contributed by atoms with Gasteiger partial charge in [0.05, 0.1) is 67.9 Å². The minimum Gasteiger partial charge on any atom is -0.391 e. The van der Waals surface area contributed by atoms with Crippen LogP contribution in [-0.2, 0) is 30.3 Å². The van der Waals surface area contributed by atoms with Crippen LogP contribution < -0.4 is 16.4 Å². The van der Waals surface area contributed by atoms with Crippen molar-refractivity contribution >= 4 is 23.2 Å². The lowest BCUT2D eigenvalue weighted by molar-refractivity contribution is -0.142. The van der Waals surface area contributed by atoms with E-state index in [4.69, 9.17) is 19.9 Å². The first kappa shape index (κ1) is 34.0. The minimum absolute atomic E-state index is 0.122. The number of hydrogen-bond donors (Lipinski definition) is 4. The van der Waals surface area contributed by atoms with Crippen molar-refractivity contribution in [1.29, 1.82) is 0 Å². The summed E-state index contributed by atoms with van der Waals surface area (Å²) in [6.07, 6.45) is -0.547. The minimum atomic E-state index is -0.753. The number of thiazole rings is 1. The second kappa shape index (κ2) is 17.0. The topological polar surface area (TPSA) is 148 Å². The van der Waals surface area contributed by atoms with Gasteiger partial charge in [0.2, 0.25) is 11.8 Å². The van der Waals surface area contributed by atoms with E-state index in [9.17, 15) is 14.7 Å². The average Bonchev–Trinajstić information content (AvgIpc) is 3.57. The highest BCUT2D eigenvalue weighted by Crippen LogP contribution is 2.28. The predicted molar refractivity (Wildman–Crippen MR) is 163 cm³/mol. The molecule has 3 rings (SSSR count). The molecule has 1 aromatic heterocycles. The first-order valence-corrected chi connectivity index (χ1v) is 15.4. The molecule has 1 aliphatic heterocycles. The second-order valence-electron chi connectivity index (χ2n) is 11.5. The SMILES string of the molecule is Cc1ncsc1-c1ccc(CNC(=O)[C@@H]2C[C@@H](O)CN2C(=O)C(NCCOCCOCCOCCN)C(C)(C)C)cc1. The summed E-state index contributed by atoms with van der Waals surface area (Å²) in [6, 6.07) is 6.71. The molecule has 1 aromatic carbocycles. The van der Waals surface area contributed by atoms with Crippen LogP contribution in [0, 0.1) is 12.3 Å². The number of nitrogens with one attached hydrogen (secondary N) is 2. The molecule has 42 heavy (non-hydrogen) atoms. The number of aliphatic hydroxyl groups excluding tert-OH is 1. The fourth-order valence-corrected chi connectivity index (χ4v) is 5.61. The summed E-state index contributed by atoms with van der Waals surface area (Å²) in [7, 11) is 0. The van der Waals surface area contributed by atoms with E-state index >= 15 is 0 Å². The Morgan fingerprint density at radius 3 is 2.33 bits per heavy atom. The number of nitrogens with zero attached hydrogens (tertiary/aromatic N) is 2. The molecule has 0 spiro atoms. The van der Waals surface area contributed by atoms with Crippen molar-refractivity contribution in [2.75, 3.05) is 59.3 Å². The monoisotopic (exact) mass is 605 g/mol. The van der Waals surface area contributed by atoms with Gasteiger partial charge in [0.15, 0.2) is 0 Å². The van der Waals surface area contributed by atoms with Crippen LogP contribution >= 0.6 is 11.3 Å². The molecule has 0 saturated carbocycles. The van der Waals surface area contributed by atoms with Gasteiger partial charge in [0.1, 0.15) is 6.04 Å². The van der Waals surface area contributed by atoms with E-state index in [1.54, 1.807) is 11.3 Å². The van der Waals surface area contributed by atoms with Gasteiger partial charge >= 0.3 is 0 Å². The first-order chi connectivity index (χ1) is 20.1. The van der Waals surface area contributed by atoms with E-state index in [1.807, 2.05) is 57.5 Å². The van der Waals surface area contributed by atoms with Gasteiger partial charge in [-0.15, -0.1) is 11.3 Å². The highest BCUT2D eigenvalue weighted by molar-refractivity contribution is 7.13. The molecule has 0 aliphatic carbocycles. The number of carbonyl (C=O) groups is 2. The van der Waals surface area contributed by atoms with Crippen LogP contribution in [0.3, 0.4) is 0 Å². The summed E-state index contributed by atoms with van der Waals surface area (Å²) < 4.78 is 16.3. The zero-order valence-corrected chi connectivity index (χ0v) is 26.1. The number of rotatable bonds is 17. The lowest BCUT2D eigenvalue weighted by Crippen LogP contribution is -2.57. The Bertz CT molecular complexity index is 1110. The van der Waals surface area contributed by atoms with E-state index in [0.29, 0.717) is 59.3 Å². The molecule has 3 atom stereocenters. The summed E-state index contributed by atoms with van der Waals surface area (Å²) >= 11 is 1.60.